The molecule has 1 aliphatic rings. The molecule has 1 aliphatic heterocycles. The number of thiophene rings is 1. The Bertz CT molecular complexity index is 478. The number of hydrogen-bond acceptors (Lipinski definition) is 5. The smallest absolute Gasteiger partial charge is 0.328 e. The predicted molar refractivity (Wildman–Crippen MR) is 57.6 cm³/mol. The number of carbonyl (C=O) groups is 3. The van der Waals surface area contributed by atoms with E-state index in [1.807, 2.05) is 10.6 Å². The Morgan fingerprint density at radius 3 is 2.19 bits per heavy atom. The number of hydrogen-bond donors (Lipinski definition) is 3. The van der Waals surface area contributed by atoms with Crippen molar-refractivity contribution in [3.63, 3.8) is 0 Å². The van der Waals surface area contributed by atoms with Gasteiger partial charge in [0, 0.05) is 15.4 Å². The average Bonchev–Trinajstić information content (AvgIpc) is 2.61. The monoisotopic (exact) mass is 304 g/mol. The van der Waals surface area contributed by atoms with E-state index in [2.05, 4.69) is 15.9 Å². The van der Waals surface area contributed by atoms with Crippen molar-refractivity contribution in [1.82, 2.24) is 10.6 Å². The number of nitrogens with one attached hydrogen (secondary N) is 2. The maximum absolute atomic E-state index is 11.5. The number of carbonyl (C=O) groups excluding carboxylic acids is 3. The van der Waals surface area contributed by atoms with E-state index >= 15 is 0 Å². The van der Waals surface area contributed by atoms with Crippen LogP contribution < -0.4 is 10.6 Å². The van der Waals surface area contributed by atoms with Crippen molar-refractivity contribution in [2.45, 2.75) is 5.60 Å². The number of barbiturate groups is 1. The SMILES string of the molecule is O=C1NC(=O)C(O)(c2cscc2Br)C(=O)N1. The van der Waals surface area contributed by atoms with Gasteiger partial charge in [-0.2, -0.15) is 11.3 Å². The van der Waals surface area contributed by atoms with Crippen LogP contribution in [0.3, 0.4) is 0 Å². The summed E-state index contributed by atoms with van der Waals surface area (Å²) in [4.78, 5) is 33.9. The molecular formula is C8H5BrN2O4S. The van der Waals surface area contributed by atoms with E-state index in [1.165, 1.54) is 16.7 Å². The molecule has 1 saturated heterocycles. The highest BCUT2D eigenvalue weighted by Crippen LogP contribution is 2.33. The number of rotatable bonds is 1. The van der Waals surface area contributed by atoms with Gasteiger partial charge in [-0.25, -0.2) is 4.79 Å². The average molecular weight is 305 g/mol. The van der Waals surface area contributed by atoms with E-state index in [0.29, 0.717) is 4.47 Å². The Morgan fingerprint density at radius 2 is 1.75 bits per heavy atom. The number of amides is 4. The Labute approximate surface area is 102 Å². The Balaban J connectivity index is 2.52. The van der Waals surface area contributed by atoms with Crippen molar-refractivity contribution in [3.8, 4) is 0 Å². The molecule has 0 unspecified atom stereocenters. The molecule has 0 aliphatic carbocycles. The first-order chi connectivity index (χ1) is 7.46. The summed E-state index contributed by atoms with van der Waals surface area (Å²) in [6, 6.07) is -0.939. The summed E-state index contributed by atoms with van der Waals surface area (Å²) in [6.07, 6.45) is 0. The highest BCUT2D eigenvalue weighted by Gasteiger charge is 2.51. The Hall–Kier alpha value is -1.25. The fraction of sp³-hybridized carbons (Fsp3) is 0.125. The van der Waals surface area contributed by atoms with Gasteiger partial charge >= 0.3 is 6.03 Å². The molecule has 2 rings (SSSR count). The number of urea groups is 1. The lowest BCUT2D eigenvalue weighted by molar-refractivity contribution is -0.155. The Morgan fingerprint density at radius 1 is 1.19 bits per heavy atom. The summed E-state index contributed by atoms with van der Waals surface area (Å²) < 4.78 is 0.430. The van der Waals surface area contributed by atoms with Crippen LogP contribution >= 0.6 is 27.3 Å². The van der Waals surface area contributed by atoms with Gasteiger partial charge in [0.05, 0.1) is 0 Å². The molecule has 84 valence electrons. The van der Waals surface area contributed by atoms with Crippen LogP contribution in [-0.4, -0.2) is 23.0 Å². The van der Waals surface area contributed by atoms with Crippen molar-refractivity contribution in [3.05, 3.63) is 20.8 Å². The molecule has 0 saturated carbocycles. The number of imide groups is 2. The molecule has 8 heteroatoms. The van der Waals surface area contributed by atoms with Crippen molar-refractivity contribution < 1.29 is 19.5 Å². The number of aliphatic hydroxyl groups is 1. The van der Waals surface area contributed by atoms with Crippen LogP contribution in [0, 0.1) is 0 Å². The van der Waals surface area contributed by atoms with Crippen LogP contribution in [0.15, 0.2) is 15.2 Å². The highest BCUT2D eigenvalue weighted by molar-refractivity contribution is 9.10. The normalized spacial score (nSPS) is 19.2. The maximum Gasteiger partial charge on any atom is 0.328 e. The van der Waals surface area contributed by atoms with E-state index in [0.717, 1.165) is 0 Å². The summed E-state index contributed by atoms with van der Waals surface area (Å²) >= 11 is 4.32. The lowest BCUT2D eigenvalue weighted by Crippen LogP contribution is -2.64. The lowest BCUT2D eigenvalue weighted by atomic mass is 9.93. The van der Waals surface area contributed by atoms with Gasteiger partial charge in [0.25, 0.3) is 17.4 Å². The second-order valence-electron chi connectivity index (χ2n) is 3.08. The van der Waals surface area contributed by atoms with Gasteiger partial charge in [-0.05, 0) is 21.3 Å². The fourth-order valence-electron chi connectivity index (χ4n) is 1.31. The molecule has 1 aromatic rings. The third-order valence-corrected chi connectivity index (χ3v) is 3.82. The minimum atomic E-state index is -2.37. The fourth-order valence-corrected chi connectivity index (χ4v) is 2.93. The number of halogens is 1. The van der Waals surface area contributed by atoms with Crippen LogP contribution in [-0.2, 0) is 15.2 Å². The summed E-state index contributed by atoms with van der Waals surface area (Å²) in [5.41, 5.74) is -2.26. The van der Waals surface area contributed by atoms with Gasteiger partial charge < -0.3 is 5.11 Å². The molecular weight excluding hydrogens is 300 g/mol. The van der Waals surface area contributed by atoms with Gasteiger partial charge in [-0.3, -0.25) is 20.2 Å². The van der Waals surface area contributed by atoms with E-state index in [4.69, 9.17) is 0 Å². The van der Waals surface area contributed by atoms with Crippen molar-refractivity contribution in [2.24, 2.45) is 0 Å². The van der Waals surface area contributed by atoms with Crippen molar-refractivity contribution >= 4 is 45.1 Å². The molecule has 3 N–H and O–H groups in total. The summed E-state index contributed by atoms with van der Waals surface area (Å²) in [7, 11) is 0. The third-order valence-electron chi connectivity index (χ3n) is 2.12. The summed E-state index contributed by atoms with van der Waals surface area (Å²) in [5.74, 6) is -2.11. The first-order valence-electron chi connectivity index (χ1n) is 4.07. The summed E-state index contributed by atoms with van der Waals surface area (Å²) in [6.45, 7) is 0. The second-order valence-corrected chi connectivity index (χ2v) is 4.68. The van der Waals surface area contributed by atoms with Crippen LogP contribution in [0.5, 0.6) is 0 Å². The molecule has 0 bridgehead atoms. The molecule has 0 atom stereocenters. The molecule has 6 nitrogen and oxygen atoms in total. The largest absolute Gasteiger partial charge is 0.368 e. The zero-order valence-electron chi connectivity index (χ0n) is 7.61. The zero-order valence-corrected chi connectivity index (χ0v) is 10.0. The van der Waals surface area contributed by atoms with Gasteiger partial charge in [-0.15, -0.1) is 0 Å². The van der Waals surface area contributed by atoms with E-state index in [-0.39, 0.29) is 5.56 Å². The molecule has 1 fully saturated rings. The lowest BCUT2D eigenvalue weighted by Gasteiger charge is -2.28. The quantitative estimate of drug-likeness (QED) is 0.640. The molecule has 1 aromatic heterocycles. The van der Waals surface area contributed by atoms with Gasteiger partial charge in [0.15, 0.2) is 0 Å². The molecule has 4 amide bonds. The zero-order chi connectivity index (χ0) is 11.9. The van der Waals surface area contributed by atoms with Crippen LogP contribution in [0.2, 0.25) is 0 Å². The summed E-state index contributed by atoms with van der Waals surface area (Å²) in [5, 5.41) is 16.8. The first kappa shape index (κ1) is 11.2. The molecule has 0 spiro atoms. The van der Waals surface area contributed by atoms with E-state index in [1.54, 1.807) is 5.38 Å². The Kier molecular flexibility index (Phi) is 2.56. The van der Waals surface area contributed by atoms with Gasteiger partial charge in [-0.1, -0.05) is 0 Å². The van der Waals surface area contributed by atoms with Crippen LogP contribution in [0.1, 0.15) is 5.56 Å². The maximum atomic E-state index is 11.5. The van der Waals surface area contributed by atoms with Gasteiger partial charge in [0.1, 0.15) is 0 Å². The first-order valence-corrected chi connectivity index (χ1v) is 5.81. The molecule has 16 heavy (non-hydrogen) atoms. The van der Waals surface area contributed by atoms with Crippen LogP contribution in [0.25, 0.3) is 0 Å². The molecule has 0 aromatic carbocycles. The van der Waals surface area contributed by atoms with Crippen LogP contribution in [0.4, 0.5) is 4.79 Å². The molecule has 2 heterocycles. The predicted octanol–water partition coefficient (Wildman–Crippen LogP) is 0.0642. The van der Waals surface area contributed by atoms with Gasteiger partial charge in [0.2, 0.25) is 0 Å². The topological polar surface area (TPSA) is 95.5 Å². The highest BCUT2D eigenvalue weighted by atomic mass is 79.9. The minimum Gasteiger partial charge on any atom is -0.368 e. The van der Waals surface area contributed by atoms with E-state index in [9.17, 15) is 19.5 Å². The van der Waals surface area contributed by atoms with E-state index < -0.39 is 23.4 Å². The third kappa shape index (κ3) is 1.46. The minimum absolute atomic E-state index is 0.111. The second kappa shape index (κ2) is 3.65. The molecule has 0 radical (unpaired) electrons. The standard InChI is InChI=1S/C8H5BrN2O4S/c9-4-2-16-1-3(4)8(15)5(12)10-7(14)11-6(8)13/h1-2,15H,(H2,10,11,12,13,14). The van der Waals surface area contributed by atoms with Crippen molar-refractivity contribution in [1.29, 1.82) is 0 Å². The van der Waals surface area contributed by atoms with Crippen molar-refractivity contribution in [2.75, 3.05) is 0 Å².